The number of hydrogen-bond donors (Lipinski definition) is 2. The maximum atomic E-state index is 12.4. The molecule has 2 aromatic heterocycles. The lowest BCUT2D eigenvalue weighted by atomic mass is 10.1. The summed E-state index contributed by atoms with van der Waals surface area (Å²) in [6, 6.07) is 1.83. The van der Waals surface area contributed by atoms with Crippen LogP contribution in [0.2, 0.25) is 0 Å². The Bertz CT molecular complexity index is 807. The summed E-state index contributed by atoms with van der Waals surface area (Å²) in [5, 5.41) is 12.0. The van der Waals surface area contributed by atoms with Crippen molar-refractivity contribution >= 4 is 33.4 Å². The van der Waals surface area contributed by atoms with Crippen molar-refractivity contribution in [2.75, 3.05) is 0 Å². The lowest BCUT2D eigenvalue weighted by molar-refractivity contribution is -0.146. The molecule has 0 aromatic carbocycles. The fourth-order valence-electron chi connectivity index (χ4n) is 2.03. The van der Waals surface area contributed by atoms with E-state index < -0.39 is 17.4 Å². The van der Waals surface area contributed by atoms with E-state index in [0.717, 1.165) is 11.3 Å². The second-order valence-electron chi connectivity index (χ2n) is 5.76. The fraction of sp³-hybridized carbons (Fsp3) is 0.467. The van der Waals surface area contributed by atoms with Gasteiger partial charge in [-0.25, -0.2) is 9.78 Å². The standard InChI is InChI=1S/C15H19N3O4S/c1-4-9-7-10-12(23-9)16-8-18(13(10)20)6-5-11(19)17-15(2,3)14(21)22/h7-8H,4-6H2,1-3H3,(H,17,19)(H,21,22). The number of fused-ring (bicyclic) bond motifs is 1. The third-order valence-corrected chi connectivity index (χ3v) is 4.67. The average Bonchev–Trinajstić information content (AvgIpc) is 2.90. The highest BCUT2D eigenvalue weighted by atomic mass is 32.1. The number of aryl methyl sites for hydroxylation is 2. The number of hydrogen-bond acceptors (Lipinski definition) is 5. The molecule has 7 nitrogen and oxygen atoms in total. The highest BCUT2D eigenvalue weighted by Gasteiger charge is 2.28. The van der Waals surface area contributed by atoms with Crippen molar-refractivity contribution in [3.05, 3.63) is 27.6 Å². The van der Waals surface area contributed by atoms with Crippen molar-refractivity contribution in [2.24, 2.45) is 0 Å². The van der Waals surface area contributed by atoms with Crippen molar-refractivity contribution in [3.63, 3.8) is 0 Å². The molecule has 0 aliphatic carbocycles. The first-order chi connectivity index (χ1) is 10.7. The molecule has 0 unspecified atom stereocenters. The third-order valence-electron chi connectivity index (χ3n) is 3.48. The van der Waals surface area contributed by atoms with Gasteiger partial charge in [-0.15, -0.1) is 11.3 Å². The second-order valence-corrected chi connectivity index (χ2v) is 6.87. The molecule has 0 atom stereocenters. The average molecular weight is 337 g/mol. The Hall–Kier alpha value is -2.22. The number of aliphatic carboxylic acids is 1. The van der Waals surface area contributed by atoms with Gasteiger partial charge in [0.2, 0.25) is 5.91 Å². The van der Waals surface area contributed by atoms with Gasteiger partial charge in [0.25, 0.3) is 5.56 Å². The SMILES string of the molecule is CCc1cc2c(=O)n(CCC(=O)NC(C)(C)C(=O)O)cnc2s1. The summed E-state index contributed by atoms with van der Waals surface area (Å²) < 4.78 is 1.38. The number of aromatic nitrogens is 2. The van der Waals surface area contributed by atoms with E-state index in [1.807, 2.05) is 13.0 Å². The fourth-order valence-corrected chi connectivity index (χ4v) is 2.96. The van der Waals surface area contributed by atoms with Crippen LogP contribution in [0.4, 0.5) is 0 Å². The first kappa shape index (κ1) is 17.1. The minimum absolute atomic E-state index is 0.00851. The van der Waals surface area contributed by atoms with E-state index in [2.05, 4.69) is 10.3 Å². The van der Waals surface area contributed by atoms with Gasteiger partial charge in [-0.1, -0.05) is 6.92 Å². The number of nitrogens with zero attached hydrogens (tertiary/aromatic N) is 2. The molecule has 0 spiro atoms. The van der Waals surface area contributed by atoms with Crippen LogP contribution >= 0.6 is 11.3 Å². The molecule has 0 fully saturated rings. The molecule has 0 radical (unpaired) electrons. The van der Waals surface area contributed by atoms with Gasteiger partial charge in [-0.2, -0.15) is 0 Å². The minimum atomic E-state index is -1.34. The minimum Gasteiger partial charge on any atom is -0.480 e. The van der Waals surface area contributed by atoms with Gasteiger partial charge < -0.3 is 10.4 Å². The van der Waals surface area contributed by atoms with Crippen LogP contribution in [0.5, 0.6) is 0 Å². The maximum Gasteiger partial charge on any atom is 0.328 e. The van der Waals surface area contributed by atoms with Gasteiger partial charge in [0, 0.05) is 17.8 Å². The molecule has 0 aliphatic heterocycles. The summed E-state index contributed by atoms with van der Waals surface area (Å²) in [7, 11) is 0. The molecule has 2 rings (SSSR count). The molecule has 0 saturated heterocycles. The molecule has 8 heteroatoms. The number of carboxylic acid groups (broad SMARTS) is 1. The van der Waals surface area contributed by atoms with Gasteiger partial charge in [-0.3, -0.25) is 14.2 Å². The molecule has 0 aliphatic rings. The lowest BCUT2D eigenvalue weighted by Gasteiger charge is -2.20. The van der Waals surface area contributed by atoms with Crippen LogP contribution < -0.4 is 10.9 Å². The molecule has 124 valence electrons. The number of carbonyl (C=O) groups is 2. The van der Waals surface area contributed by atoms with Crippen molar-refractivity contribution in [1.82, 2.24) is 14.9 Å². The quantitative estimate of drug-likeness (QED) is 0.829. The molecular weight excluding hydrogens is 318 g/mol. The summed E-state index contributed by atoms with van der Waals surface area (Å²) in [5.74, 6) is -1.54. The molecule has 23 heavy (non-hydrogen) atoms. The molecule has 0 bridgehead atoms. The smallest absolute Gasteiger partial charge is 0.328 e. The zero-order valence-corrected chi connectivity index (χ0v) is 14.1. The summed E-state index contributed by atoms with van der Waals surface area (Å²) in [5.41, 5.74) is -1.52. The summed E-state index contributed by atoms with van der Waals surface area (Å²) in [4.78, 5) is 41.2. The largest absolute Gasteiger partial charge is 0.480 e. The number of carboxylic acids is 1. The summed E-state index contributed by atoms with van der Waals surface area (Å²) >= 11 is 1.49. The first-order valence-electron chi connectivity index (χ1n) is 7.27. The van der Waals surface area contributed by atoms with Gasteiger partial charge in [0.15, 0.2) is 0 Å². The number of thiophene rings is 1. The lowest BCUT2D eigenvalue weighted by Crippen LogP contribution is -2.49. The van der Waals surface area contributed by atoms with Crippen molar-refractivity contribution in [3.8, 4) is 0 Å². The number of nitrogens with one attached hydrogen (secondary N) is 1. The normalized spacial score (nSPS) is 11.6. The van der Waals surface area contributed by atoms with Gasteiger partial charge in [0.1, 0.15) is 10.4 Å². The maximum absolute atomic E-state index is 12.4. The molecular formula is C15H19N3O4S. The van der Waals surface area contributed by atoms with E-state index in [0.29, 0.717) is 10.2 Å². The topological polar surface area (TPSA) is 101 Å². The van der Waals surface area contributed by atoms with Crippen molar-refractivity contribution in [2.45, 2.75) is 45.7 Å². The van der Waals surface area contributed by atoms with Crippen LogP contribution in [0.1, 0.15) is 32.1 Å². The van der Waals surface area contributed by atoms with E-state index in [-0.39, 0.29) is 18.5 Å². The predicted octanol–water partition coefficient (Wildman–Crippen LogP) is 1.39. The molecule has 0 saturated carbocycles. The van der Waals surface area contributed by atoms with Crippen LogP contribution in [0.15, 0.2) is 17.2 Å². The Morgan fingerprint density at radius 1 is 1.43 bits per heavy atom. The van der Waals surface area contributed by atoms with Crippen LogP contribution in [-0.4, -0.2) is 32.1 Å². The van der Waals surface area contributed by atoms with Crippen molar-refractivity contribution < 1.29 is 14.7 Å². The molecule has 2 aromatic rings. The first-order valence-corrected chi connectivity index (χ1v) is 8.08. The molecule has 1 amide bonds. The monoisotopic (exact) mass is 337 g/mol. The Kier molecular flexibility index (Phi) is 4.84. The highest BCUT2D eigenvalue weighted by Crippen LogP contribution is 2.20. The van der Waals surface area contributed by atoms with Gasteiger partial charge in [-0.05, 0) is 26.3 Å². The zero-order valence-electron chi connectivity index (χ0n) is 13.3. The van der Waals surface area contributed by atoms with E-state index in [4.69, 9.17) is 5.11 Å². The Morgan fingerprint density at radius 2 is 2.13 bits per heavy atom. The van der Waals surface area contributed by atoms with Crippen LogP contribution in [0, 0.1) is 0 Å². The highest BCUT2D eigenvalue weighted by molar-refractivity contribution is 7.18. The van der Waals surface area contributed by atoms with Crippen molar-refractivity contribution in [1.29, 1.82) is 0 Å². The van der Waals surface area contributed by atoms with Gasteiger partial charge >= 0.3 is 5.97 Å². The van der Waals surface area contributed by atoms with E-state index >= 15 is 0 Å². The van der Waals surface area contributed by atoms with E-state index in [1.54, 1.807) is 0 Å². The summed E-state index contributed by atoms with van der Waals surface area (Å²) in [6.07, 6.45) is 2.28. The third kappa shape index (κ3) is 3.76. The van der Waals surface area contributed by atoms with Crippen LogP contribution in [0.3, 0.4) is 0 Å². The predicted molar refractivity (Wildman–Crippen MR) is 87.7 cm³/mol. The van der Waals surface area contributed by atoms with E-state index in [9.17, 15) is 14.4 Å². The molecule has 2 heterocycles. The van der Waals surface area contributed by atoms with Crippen LogP contribution in [0.25, 0.3) is 10.2 Å². The summed E-state index contributed by atoms with van der Waals surface area (Å²) in [6.45, 7) is 4.98. The Balaban J connectivity index is 2.10. The molecule has 2 N–H and O–H groups in total. The second kappa shape index (κ2) is 6.49. The van der Waals surface area contributed by atoms with E-state index in [1.165, 1.54) is 36.1 Å². The number of carbonyl (C=O) groups excluding carboxylic acids is 1. The van der Waals surface area contributed by atoms with Crippen LogP contribution in [-0.2, 0) is 22.6 Å². The number of rotatable bonds is 6. The number of amides is 1. The Morgan fingerprint density at radius 3 is 2.74 bits per heavy atom. The Labute approximate surface area is 137 Å². The van der Waals surface area contributed by atoms with Gasteiger partial charge in [0.05, 0.1) is 11.7 Å². The zero-order chi connectivity index (χ0) is 17.2.